The zero-order valence-electron chi connectivity index (χ0n) is 11.5. The Morgan fingerprint density at radius 1 is 1.29 bits per heavy atom. The summed E-state index contributed by atoms with van der Waals surface area (Å²) in [6, 6.07) is 4.07. The fourth-order valence-corrected chi connectivity index (χ4v) is 2.75. The van der Waals surface area contributed by atoms with E-state index in [1.165, 1.54) is 11.6 Å². The minimum Gasteiger partial charge on any atom is -0.478 e. The smallest absolute Gasteiger partial charge is 0.335 e. The van der Waals surface area contributed by atoms with E-state index in [9.17, 15) is 9.18 Å². The third-order valence-corrected chi connectivity index (χ3v) is 3.91. The summed E-state index contributed by atoms with van der Waals surface area (Å²) in [5.41, 5.74) is 1.73. The predicted molar refractivity (Wildman–Crippen MR) is 76.7 cm³/mol. The standard InChI is InChI=1S/C16H16FNO3/c17-13-10-12(16(19)20)3-4-14(13)18-7-5-11(6-8-18)15-2-1-9-21-15/h1,3-4,9-10H,2,5-8H2,(H,19,20). The number of hydrogen-bond donors (Lipinski definition) is 1. The Labute approximate surface area is 122 Å². The van der Waals surface area contributed by atoms with E-state index in [-0.39, 0.29) is 5.56 Å². The van der Waals surface area contributed by atoms with Gasteiger partial charge in [0.1, 0.15) is 11.6 Å². The van der Waals surface area contributed by atoms with Crippen LogP contribution in [-0.2, 0) is 4.74 Å². The van der Waals surface area contributed by atoms with Gasteiger partial charge in [-0.3, -0.25) is 0 Å². The third kappa shape index (κ3) is 2.77. The maximum absolute atomic E-state index is 14.0. The Hall–Kier alpha value is -2.30. The van der Waals surface area contributed by atoms with Gasteiger partial charge in [-0.05, 0) is 42.7 Å². The van der Waals surface area contributed by atoms with Crippen molar-refractivity contribution in [1.29, 1.82) is 0 Å². The molecule has 0 aliphatic carbocycles. The van der Waals surface area contributed by atoms with Gasteiger partial charge < -0.3 is 14.7 Å². The second kappa shape index (κ2) is 5.60. The second-order valence-corrected chi connectivity index (χ2v) is 5.18. The normalized spacial score (nSPS) is 18.0. The van der Waals surface area contributed by atoms with E-state index >= 15 is 0 Å². The van der Waals surface area contributed by atoms with E-state index in [4.69, 9.17) is 9.84 Å². The van der Waals surface area contributed by atoms with E-state index in [1.807, 2.05) is 11.0 Å². The van der Waals surface area contributed by atoms with Gasteiger partial charge in [-0.15, -0.1) is 0 Å². The molecule has 0 spiro atoms. The van der Waals surface area contributed by atoms with Crippen molar-refractivity contribution < 1.29 is 19.0 Å². The lowest BCUT2D eigenvalue weighted by Crippen LogP contribution is -2.31. The highest BCUT2D eigenvalue weighted by Crippen LogP contribution is 2.30. The number of piperidine rings is 1. The first-order chi connectivity index (χ1) is 10.1. The number of carboxylic acid groups (broad SMARTS) is 1. The number of anilines is 1. The van der Waals surface area contributed by atoms with Crippen LogP contribution in [0.2, 0.25) is 0 Å². The fourth-order valence-electron chi connectivity index (χ4n) is 2.75. The van der Waals surface area contributed by atoms with Crippen molar-refractivity contribution in [1.82, 2.24) is 0 Å². The Bertz CT molecular complexity index is 616. The minimum absolute atomic E-state index is 0.0264. The van der Waals surface area contributed by atoms with Gasteiger partial charge in [0.15, 0.2) is 0 Å². The van der Waals surface area contributed by atoms with Gasteiger partial charge in [0, 0.05) is 19.5 Å². The molecule has 0 radical (unpaired) electrons. The summed E-state index contributed by atoms with van der Waals surface area (Å²) < 4.78 is 19.5. The molecule has 1 aromatic carbocycles. The van der Waals surface area contributed by atoms with Crippen molar-refractivity contribution in [2.75, 3.05) is 18.0 Å². The van der Waals surface area contributed by atoms with Crippen LogP contribution in [0.4, 0.5) is 10.1 Å². The molecule has 0 aromatic heterocycles. The monoisotopic (exact) mass is 289 g/mol. The van der Waals surface area contributed by atoms with Crippen LogP contribution in [-0.4, -0.2) is 24.2 Å². The van der Waals surface area contributed by atoms with E-state index in [0.29, 0.717) is 18.8 Å². The van der Waals surface area contributed by atoms with Crippen LogP contribution in [0.1, 0.15) is 29.6 Å². The summed E-state index contributed by atoms with van der Waals surface area (Å²) in [5, 5.41) is 8.86. The van der Waals surface area contributed by atoms with Crippen molar-refractivity contribution >= 4 is 11.7 Å². The number of ether oxygens (including phenoxy) is 1. The summed E-state index contributed by atoms with van der Waals surface area (Å²) in [6.07, 6.45) is 6.23. The number of rotatable bonds is 2. The topological polar surface area (TPSA) is 49.8 Å². The molecule has 1 fully saturated rings. The molecular weight excluding hydrogens is 273 g/mol. The van der Waals surface area contributed by atoms with E-state index in [0.717, 1.165) is 31.1 Å². The summed E-state index contributed by atoms with van der Waals surface area (Å²) in [7, 11) is 0. The molecule has 0 atom stereocenters. The second-order valence-electron chi connectivity index (χ2n) is 5.18. The molecule has 4 nitrogen and oxygen atoms in total. The van der Waals surface area contributed by atoms with Crippen molar-refractivity contribution in [3.8, 4) is 0 Å². The highest BCUT2D eigenvalue weighted by atomic mass is 19.1. The molecule has 0 saturated carbocycles. The molecule has 110 valence electrons. The van der Waals surface area contributed by atoms with Gasteiger partial charge in [-0.1, -0.05) is 0 Å². The molecule has 21 heavy (non-hydrogen) atoms. The molecular formula is C16H16FNO3. The molecule has 2 heterocycles. The van der Waals surface area contributed by atoms with Gasteiger partial charge in [-0.2, -0.15) is 0 Å². The number of carbonyl (C=O) groups is 1. The molecule has 1 N–H and O–H groups in total. The number of benzene rings is 1. The highest BCUT2D eigenvalue weighted by Gasteiger charge is 2.21. The van der Waals surface area contributed by atoms with Crippen LogP contribution in [0.15, 0.2) is 41.9 Å². The van der Waals surface area contributed by atoms with E-state index in [2.05, 4.69) is 0 Å². The molecule has 3 rings (SSSR count). The number of allylic oxidation sites excluding steroid dienone is 1. The average molecular weight is 289 g/mol. The number of nitrogens with zero attached hydrogens (tertiary/aromatic N) is 1. The Kier molecular flexibility index (Phi) is 3.64. The molecule has 0 bridgehead atoms. The summed E-state index contributed by atoms with van der Waals surface area (Å²) in [4.78, 5) is 12.8. The van der Waals surface area contributed by atoms with Crippen LogP contribution in [0.3, 0.4) is 0 Å². The fraction of sp³-hybridized carbons (Fsp3) is 0.312. The van der Waals surface area contributed by atoms with Crippen molar-refractivity contribution in [2.45, 2.75) is 19.3 Å². The highest BCUT2D eigenvalue weighted by molar-refractivity contribution is 5.88. The number of carboxylic acids is 1. The zero-order chi connectivity index (χ0) is 14.8. The zero-order valence-corrected chi connectivity index (χ0v) is 11.5. The molecule has 1 aromatic rings. The van der Waals surface area contributed by atoms with Gasteiger partial charge in [-0.25, -0.2) is 9.18 Å². The maximum Gasteiger partial charge on any atom is 0.335 e. The van der Waals surface area contributed by atoms with Crippen molar-refractivity contribution in [3.05, 3.63) is 53.3 Å². The predicted octanol–water partition coefficient (Wildman–Crippen LogP) is 3.31. The van der Waals surface area contributed by atoms with Gasteiger partial charge in [0.05, 0.1) is 17.5 Å². The quantitative estimate of drug-likeness (QED) is 0.907. The molecule has 2 aliphatic heterocycles. The first kappa shape index (κ1) is 13.7. The molecule has 5 heteroatoms. The van der Waals surface area contributed by atoms with E-state index < -0.39 is 11.8 Å². The van der Waals surface area contributed by atoms with Crippen molar-refractivity contribution in [2.24, 2.45) is 0 Å². The number of halogens is 1. The Morgan fingerprint density at radius 3 is 2.62 bits per heavy atom. The van der Waals surface area contributed by atoms with Crippen LogP contribution < -0.4 is 4.90 Å². The average Bonchev–Trinajstić information content (AvgIpc) is 3.01. The summed E-state index contributed by atoms with van der Waals surface area (Å²) in [6.45, 7) is 1.43. The van der Waals surface area contributed by atoms with Gasteiger partial charge >= 0.3 is 5.97 Å². The first-order valence-corrected chi connectivity index (χ1v) is 6.95. The molecule has 0 unspecified atom stereocenters. The van der Waals surface area contributed by atoms with Crippen molar-refractivity contribution in [3.63, 3.8) is 0 Å². The lowest BCUT2D eigenvalue weighted by atomic mass is 10.0. The summed E-state index contributed by atoms with van der Waals surface area (Å²) >= 11 is 0. The van der Waals surface area contributed by atoms with Crippen LogP contribution >= 0.6 is 0 Å². The van der Waals surface area contributed by atoms with Crippen LogP contribution in [0, 0.1) is 5.82 Å². The lowest BCUT2D eigenvalue weighted by molar-refractivity contribution is 0.0696. The number of aromatic carboxylic acids is 1. The SMILES string of the molecule is O=C(O)c1ccc(N2CCC(=C3CC=CO3)CC2)c(F)c1. The van der Waals surface area contributed by atoms with Gasteiger partial charge in [0.2, 0.25) is 0 Å². The molecule has 1 saturated heterocycles. The van der Waals surface area contributed by atoms with Crippen LogP contribution in [0.25, 0.3) is 0 Å². The Balaban J connectivity index is 1.72. The minimum atomic E-state index is -1.11. The largest absolute Gasteiger partial charge is 0.478 e. The Morgan fingerprint density at radius 2 is 2.05 bits per heavy atom. The van der Waals surface area contributed by atoms with Gasteiger partial charge in [0.25, 0.3) is 0 Å². The number of hydrogen-bond acceptors (Lipinski definition) is 3. The van der Waals surface area contributed by atoms with Crippen LogP contribution in [0.5, 0.6) is 0 Å². The molecule has 2 aliphatic rings. The van der Waals surface area contributed by atoms with E-state index in [1.54, 1.807) is 12.3 Å². The lowest BCUT2D eigenvalue weighted by Gasteiger charge is -2.31. The third-order valence-electron chi connectivity index (χ3n) is 3.91. The first-order valence-electron chi connectivity index (χ1n) is 6.95. The molecule has 0 amide bonds. The maximum atomic E-state index is 14.0. The summed E-state index contributed by atoms with van der Waals surface area (Å²) in [5.74, 6) is -0.571.